The summed E-state index contributed by atoms with van der Waals surface area (Å²) < 4.78 is 0. The molecule has 2 rings (SSSR count). The third-order valence-electron chi connectivity index (χ3n) is 3.75. The van der Waals surface area contributed by atoms with E-state index in [0.717, 1.165) is 10.5 Å². The number of rotatable bonds is 5. The lowest BCUT2D eigenvalue weighted by molar-refractivity contribution is -0.120. The summed E-state index contributed by atoms with van der Waals surface area (Å²) in [5.74, 6) is 0.0393. The van der Waals surface area contributed by atoms with Gasteiger partial charge >= 0.3 is 0 Å². The maximum absolute atomic E-state index is 12.4. The molecule has 0 radical (unpaired) electrons. The molecule has 0 fully saturated rings. The van der Waals surface area contributed by atoms with Crippen LogP contribution in [0.5, 0.6) is 0 Å². The summed E-state index contributed by atoms with van der Waals surface area (Å²) in [6.07, 6.45) is 0. The van der Waals surface area contributed by atoms with Crippen LogP contribution in [0.2, 0.25) is 5.02 Å². The van der Waals surface area contributed by atoms with Crippen LogP contribution in [0.25, 0.3) is 0 Å². The van der Waals surface area contributed by atoms with E-state index in [1.54, 1.807) is 0 Å². The van der Waals surface area contributed by atoms with E-state index in [2.05, 4.69) is 37.4 Å². The number of thioether (sulfide) groups is 1. The van der Waals surface area contributed by atoms with Crippen LogP contribution in [0, 0.1) is 13.8 Å². The molecule has 0 bridgehead atoms. The van der Waals surface area contributed by atoms with Crippen molar-refractivity contribution in [2.75, 3.05) is 0 Å². The first-order valence-corrected chi connectivity index (χ1v) is 8.92. The maximum atomic E-state index is 12.4. The van der Waals surface area contributed by atoms with E-state index in [1.807, 2.05) is 38.1 Å². The summed E-state index contributed by atoms with van der Waals surface area (Å²) in [6.45, 7) is 8.10. The minimum atomic E-state index is -0.163. The second-order valence-corrected chi connectivity index (χ2v) is 7.65. The smallest absolute Gasteiger partial charge is 0.233 e. The van der Waals surface area contributed by atoms with Gasteiger partial charge in [-0.25, -0.2) is 0 Å². The fourth-order valence-electron chi connectivity index (χ4n) is 2.49. The molecule has 0 aliphatic heterocycles. The molecule has 0 unspecified atom stereocenters. The highest BCUT2D eigenvalue weighted by atomic mass is 35.5. The summed E-state index contributed by atoms with van der Waals surface area (Å²) in [4.78, 5) is 13.5. The minimum absolute atomic E-state index is 0.00336. The zero-order valence-electron chi connectivity index (χ0n) is 13.9. The van der Waals surface area contributed by atoms with E-state index < -0.39 is 0 Å². The molecular formula is C19H22ClNOS. The fourth-order valence-corrected chi connectivity index (χ4v) is 3.49. The Hall–Kier alpha value is -1.45. The summed E-state index contributed by atoms with van der Waals surface area (Å²) in [5, 5.41) is 3.64. The molecule has 1 N–H and O–H groups in total. The molecule has 2 aromatic rings. The number of benzene rings is 2. The van der Waals surface area contributed by atoms with Crippen LogP contribution in [0.3, 0.4) is 0 Å². The SMILES string of the molecule is Cc1ccc([C@H](C)NC(=O)[C@H](C)Sc2ccc(Cl)cc2)c(C)c1. The molecule has 0 aromatic heterocycles. The third-order valence-corrected chi connectivity index (χ3v) is 5.11. The number of carbonyl (C=O) groups is 1. The van der Waals surface area contributed by atoms with Crippen LogP contribution in [0.1, 0.15) is 36.6 Å². The Morgan fingerprint density at radius 3 is 2.35 bits per heavy atom. The lowest BCUT2D eigenvalue weighted by Crippen LogP contribution is -2.33. The van der Waals surface area contributed by atoms with Gasteiger partial charge in [0.2, 0.25) is 5.91 Å². The third kappa shape index (κ3) is 5.02. The Labute approximate surface area is 147 Å². The number of hydrogen-bond donors (Lipinski definition) is 1. The fraction of sp³-hybridized carbons (Fsp3) is 0.316. The van der Waals surface area contributed by atoms with E-state index in [9.17, 15) is 4.79 Å². The zero-order chi connectivity index (χ0) is 17.0. The van der Waals surface area contributed by atoms with Crippen molar-refractivity contribution in [1.29, 1.82) is 0 Å². The quantitative estimate of drug-likeness (QED) is 0.742. The molecule has 2 atom stereocenters. The number of amides is 1. The van der Waals surface area contributed by atoms with Crippen LogP contribution in [0.15, 0.2) is 47.4 Å². The molecule has 4 heteroatoms. The summed E-state index contributed by atoms with van der Waals surface area (Å²) in [6, 6.07) is 13.9. The van der Waals surface area contributed by atoms with Crippen LogP contribution in [0.4, 0.5) is 0 Å². The Morgan fingerprint density at radius 2 is 1.74 bits per heavy atom. The first kappa shape index (κ1) is 17.9. The highest BCUT2D eigenvalue weighted by molar-refractivity contribution is 8.00. The molecule has 23 heavy (non-hydrogen) atoms. The molecule has 122 valence electrons. The van der Waals surface area contributed by atoms with Crippen molar-refractivity contribution in [3.63, 3.8) is 0 Å². The Balaban J connectivity index is 1.98. The van der Waals surface area contributed by atoms with Crippen LogP contribution in [-0.2, 0) is 4.79 Å². The maximum Gasteiger partial charge on any atom is 0.233 e. The predicted molar refractivity (Wildman–Crippen MR) is 99.2 cm³/mol. The molecular weight excluding hydrogens is 326 g/mol. The highest BCUT2D eigenvalue weighted by Gasteiger charge is 2.18. The molecule has 2 aromatic carbocycles. The van der Waals surface area contributed by atoms with Gasteiger partial charge in [-0.15, -0.1) is 11.8 Å². The number of nitrogens with one attached hydrogen (secondary N) is 1. The molecule has 0 heterocycles. The van der Waals surface area contributed by atoms with Crippen LogP contribution in [-0.4, -0.2) is 11.2 Å². The number of aryl methyl sites for hydroxylation is 2. The lowest BCUT2D eigenvalue weighted by atomic mass is 10.0. The van der Waals surface area contributed by atoms with Crippen molar-refractivity contribution in [3.8, 4) is 0 Å². The van der Waals surface area contributed by atoms with Gasteiger partial charge in [-0.05, 0) is 63.1 Å². The molecule has 0 saturated heterocycles. The van der Waals surface area contributed by atoms with Crippen LogP contribution >= 0.6 is 23.4 Å². The minimum Gasteiger partial charge on any atom is -0.349 e. The summed E-state index contributed by atoms with van der Waals surface area (Å²) in [7, 11) is 0. The topological polar surface area (TPSA) is 29.1 Å². The van der Waals surface area contributed by atoms with Gasteiger partial charge in [0.1, 0.15) is 0 Å². The predicted octanol–water partition coefficient (Wildman–Crippen LogP) is 5.31. The van der Waals surface area contributed by atoms with Gasteiger partial charge in [0.25, 0.3) is 0 Å². The average molecular weight is 348 g/mol. The van der Waals surface area contributed by atoms with Crippen molar-refractivity contribution in [2.45, 2.75) is 43.9 Å². The normalized spacial score (nSPS) is 13.4. The first-order valence-electron chi connectivity index (χ1n) is 7.66. The van der Waals surface area contributed by atoms with Gasteiger partial charge in [-0.1, -0.05) is 35.4 Å². The van der Waals surface area contributed by atoms with Gasteiger partial charge in [0.15, 0.2) is 0 Å². The standard InChI is InChI=1S/C19H22ClNOS/c1-12-5-10-18(13(2)11-12)14(3)21-19(22)15(4)23-17-8-6-16(20)7-9-17/h5-11,14-15H,1-4H3,(H,21,22)/t14-,15-/m0/s1. The Morgan fingerprint density at radius 1 is 1.09 bits per heavy atom. The molecule has 2 nitrogen and oxygen atoms in total. The summed E-state index contributed by atoms with van der Waals surface area (Å²) in [5.41, 5.74) is 3.60. The molecule has 0 aliphatic rings. The van der Waals surface area contributed by atoms with Gasteiger partial charge in [-0.3, -0.25) is 4.79 Å². The van der Waals surface area contributed by atoms with E-state index in [0.29, 0.717) is 5.02 Å². The number of carbonyl (C=O) groups excluding carboxylic acids is 1. The van der Waals surface area contributed by atoms with Gasteiger partial charge in [0, 0.05) is 9.92 Å². The Bertz CT molecular complexity index is 684. The second-order valence-electron chi connectivity index (χ2n) is 5.80. The molecule has 0 saturated carbocycles. The van der Waals surface area contributed by atoms with E-state index >= 15 is 0 Å². The number of halogens is 1. The number of hydrogen-bond acceptors (Lipinski definition) is 2. The monoisotopic (exact) mass is 347 g/mol. The molecule has 0 spiro atoms. The first-order chi connectivity index (χ1) is 10.9. The van der Waals surface area contributed by atoms with E-state index in [4.69, 9.17) is 11.6 Å². The molecule has 0 aliphatic carbocycles. The van der Waals surface area contributed by atoms with Crippen LogP contribution < -0.4 is 5.32 Å². The lowest BCUT2D eigenvalue weighted by Gasteiger charge is -2.19. The second kappa shape index (κ2) is 7.89. The van der Waals surface area contributed by atoms with Gasteiger partial charge < -0.3 is 5.32 Å². The summed E-state index contributed by atoms with van der Waals surface area (Å²) >= 11 is 7.42. The van der Waals surface area contributed by atoms with E-state index in [-0.39, 0.29) is 17.2 Å². The average Bonchev–Trinajstić information content (AvgIpc) is 2.49. The van der Waals surface area contributed by atoms with Crippen molar-refractivity contribution in [2.24, 2.45) is 0 Å². The van der Waals surface area contributed by atoms with Gasteiger partial charge in [0.05, 0.1) is 11.3 Å². The largest absolute Gasteiger partial charge is 0.349 e. The van der Waals surface area contributed by atoms with Crippen molar-refractivity contribution < 1.29 is 4.79 Å². The van der Waals surface area contributed by atoms with Crippen molar-refractivity contribution >= 4 is 29.3 Å². The zero-order valence-corrected chi connectivity index (χ0v) is 15.5. The van der Waals surface area contributed by atoms with Crippen molar-refractivity contribution in [3.05, 3.63) is 64.2 Å². The van der Waals surface area contributed by atoms with E-state index in [1.165, 1.54) is 22.9 Å². The highest BCUT2D eigenvalue weighted by Crippen LogP contribution is 2.26. The van der Waals surface area contributed by atoms with Gasteiger partial charge in [-0.2, -0.15) is 0 Å². The molecule has 1 amide bonds. The Kier molecular flexibility index (Phi) is 6.14. The van der Waals surface area contributed by atoms with Crippen molar-refractivity contribution in [1.82, 2.24) is 5.32 Å².